The Morgan fingerprint density at radius 1 is 0.968 bits per heavy atom. The minimum absolute atomic E-state index is 0.0208. The van der Waals surface area contributed by atoms with Crippen LogP contribution in [0, 0.1) is 0 Å². The van der Waals surface area contributed by atoms with Crippen LogP contribution in [0.15, 0.2) is 60.7 Å². The number of aliphatic carboxylic acids is 2. The van der Waals surface area contributed by atoms with Crippen molar-refractivity contribution < 1.29 is 34.1 Å². The number of hydrogen-bond donors (Lipinski definition) is 4. The molecule has 0 saturated heterocycles. The van der Waals surface area contributed by atoms with Crippen molar-refractivity contribution in [3.05, 3.63) is 71.8 Å². The molecule has 5 N–H and O–H groups in total. The normalized spacial score (nSPS) is 10.2. The molecular formula is C21H25BrN2O7. The van der Waals surface area contributed by atoms with Gasteiger partial charge >= 0.3 is 18.0 Å². The van der Waals surface area contributed by atoms with E-state index in [9.17, 15) is 24.3 Å². The van der Waals surface area contributed by atoms with Gasteiger partial charge in [0.2, 0.25) is 0 Å². The number of carboxylic acids is 2. The van der Waals surface area contributed by atoms with Crippen LogP contribution < -0.4 is 11.1 Å². The molecule has 1 atom stereocenters. The minimum Gasteiger partial charge on any atom is -0.480 e. The zero-order valence-electron chi connectivity index (χ0n) is 16.9. The second-order valence-electron chi connectivity index (χ2n) is 5.85. The van der Waals surface area contributed by atoms with Crippen LogP contribution in [0.4, 0.5) is 4.79 Å². The number of carbonyl (C=O) groups excluding carboxylic acids is 2. The second-order valence-corrected chi connectivity index (χ2v) is 6.97. The van der Waals surface area contributed by atoms with E-state index in [0.717, 1.165) is 11.1 Å². The molecule has 0 radical (unpaired) electrons. The Labute approximate surface area is 188 Å². The first-order valence-electron chi connectivity index (χ1n) is 8.97. The summed E-state index contributed by atoms with van der Waals surface area (Å²) in [5, 5.41) is 19.2. The van der Waals surface area contributed by atoms with Crippen LogP contribution >= 0.6 is 15.9 Å². The van der Waals surface area contributed by atoms with Gasteiger partial charge in [-0.05, 0) is 27.1 Å². The molecule has 0 aromatic heterocycles. The molecule has 0 unspecified atom stereocenters. The molecule has 10 heteroatoms. The van der Waals surface area contributed by atoms with Gasteiger partial charge in [-0.25, -0.2) is 9.59 Å². The molecule has 0 aliphatic rings. The Morgan fingerprint density at radius 3 is 1.77 bits per heavy atom. The van der Waals surface area contributed by atoms with Crippen molar-refractivity contribution in [1.82, 2.24) is 5.32 Å². The Hall–Kier alpha value is -3.24. The van der Waals surface area contributed by atoms with E-state index in [1.54, 1.807) is 0 Å². The second kappa shape index (κ2) is 16.5. The summed E-state index contributed by atoms with van der Waals surface area (Å²) < 4.78 is 5.01. The molecule has 31 heavy (non-hydrogen) atoms. The number of hydrogen-bond acceptors (Lipinski definition) is 6. The Bertz CT molecular complexity index is 813. The maximum Gasteiger partial charge on any atom is 0.408 e. The molecule has 0 fully saturated rings. The highest BCUT2D eigenvalue weighted by Gasteiger charge is 2.21. The molecule has 2 aromatic rings. The van der Waals surface area contributed by atoms with Gasteiger partial charge in [0.05, 0.1) is 6.54 Å². The maximum absolute atomic E-state index is 11.7. The van der Waals surface area contributed by atoms with Crippen molar-refractivity contribution in [3.63, 3.8) is 0 Å². The molecule has 0 heterocycles. The Morgan fingerprint density at radius 2 is 1.39 bits per heavy atom. The predicted octanol–water partition coefficient (Wildman–Crippen LogP) is 2.57. The zero-order valence-corrected chi connectivity index (χ0v) is 18.4. The van der Waals surface area contributed by atoms with E-state index >= 15 is 0 Å². The monoisotopic (exact) mass is 496 g/mol. The van der Waals surface area contributed by atoms with Crippen LogP contribution in [0.2, 0.25) is 0 Å². The predicted molar refractivity (Wildman–Crippen MR) is 118 cm³/mol. The first-order valence-corrected chi connectivity index (χ1v) is 9.76. The summed E-state index contributed by atoms with van der Waals surface area (Å²) in [4.78, 5) is 41.6. The van der Waals surface area contributed by atoms with Crippen LogP contribution in [-0.4, -0.2) is 45.5 Å². The number of carbonyl (C=O) groups is 4. The van der Waals surface area contributed by atoms with Gasteiger partial charge in [0.15, 0.2) is 4.69 Å². The van der Waals surface area contributed by atoms with Crippen molar-refractivity contribution in [3.8, 4) is 0 Å². The van der Waals surface area contributed by atoms with Crippen molar-refractivity contribution in [2.45, 2.75) is 26.0 Å². The van der Waals surface area contributed by atoms with Crippen LogP contribution in [0.25, 0.3) is 0 Å². The summed E-state index contributed by atoms with van der Waals surface area (Å²) in [6.07, 6.45) is -0.538. The summed E-state index contributed by atoms with van der Waals surface area (Å²) in [6.45, 7) is 1.27. The van der Waals surface area contributed by atoms with Gasteiger partial charge in [-0.1, -0.05) is 60.7 Å². The summed E-state index contributed by atoms with van der Waals surface area (Å²) in [6, 6.07) is 17.3. The fourth-order valence-electron chi connectivity index (χ4n) is 1.96. The Balaban J connectivity index is 0.000000846. The summed E-state index contributed by atoms with van der Waals surface area (Å²) >= 11 is 2.63. The number of halogens is 1. The number of ether oxygens (including phenoxy) is 1. The van der Waals surface area contributed by atoms with Gasteiger partial charge in [0.1, 0.15) is 12.6 Å². The SMILES string of the molecule is CC(=O)Br.NCC(=O)O.O=C(N[C@@H](Cc1ccccc1)C(=O)O)OCc1ccccc1. The van der Waals surface area contributed by atoms with E-state index in [1.807, 2.05) is 60.7 Å². The number of benzene rings is 2. The quantitative estimate of drug-likeness (QED) is 0.426. The fraction of sp³-hybridized carbons (Fsp3) is 0.238. The number of rotatable bonds is 7. The molecule has 0 spiro atoms. The van der Waals surface area contributed by atoms with E-state index in [0.29, 0.717) is 0 Å². The molecule has 1 amide bonds. The number of nitrogens with two attached hydrogens (primary N) is 1. The number of nitrogens with one attached hydrogen (secondary N) is 1. The first kappa shape index (κ1) is 27.8. The first-order chi connectivity index (χ1) is 14.6. The molecule has 2 aromatic carbocycles. The molecule has 9 nitrogen and oxygen atoms in total. The zero-order chi connectivity index (χ0) is 23.6. The van der Waals surface area contributed by atoms with Crippen molar-refractivity contribution in [1.29, 1.82) is 0 Å². The van der Waals surface area contributed by atoms with Crippen LogP contribution in [0.5, 0.6) is 0 Å². The van der Waals surface area contributed by atoms with E-state index in [-0.39, 0.29) is 24.3 Å². The third-order valence-electron chi connectivity index (χ3n) is 3.26. The highest BCUT2D eigenvalue weighted by molar-refractivity contribution is 9.18. The molecule has 0 saturated carbocycles. The van der Waals surface area contributed by atoms with E-state index < -0.39 is 24.1 Å². The van der Waals surface area contributed by atoms with Crippen LogP contribution in [0.3, 0.4) is 0 Å². The number of alkyl carbamates (subject to hydrolysis) is 1. The van der Waals surface area contributed by atoms with Gasteiger partial charge in [-0.3, -0.25) is 9.59 Å². The highest BCUT2D eigenvalue weighted by atomic mass is 79.9. The lowest BCUT2D eigenvalue weighted by Crippen LogP contribution is -2.42. The number of amides is 1. The average molecular weight is 497 g/mol. The average Bonchev–Trinajstić information content (AvgIpc) is 2.73. The van der Waals surface area contributed by atoms with E-state index in [4.69, 9.17) is 9.84 Å². The lowest BCUT2D eigenvalue weighted by molar-refractivity contribution is -0.139. The van der Waals surface area contributed by atoms with E-state index in [1.165, 1.54) is 6.92 Å². The van der Waals surface area contributed by atoms with Crippen molar-refractivity contribution in [2.24, 2.45) is 5.73 Å². The van der Waals surface area contributed by atoms with Gasteiger partial charge in [0.25, 0.3) is 0 Å². The molecule has 2 rings (SSSR count). The van der Waals surface area contributed by atoms with Crippen molar-refractivity contribution >= 4 is 38.7 Å². The topological polar surface area (TPSA) is 156 Å². The summed E-state index contributed by atoms with van der Waals surface area (Å²) in [5.74, 6) is -2.06. The van der Waals surface area contributed by atoms with Gasteiger partial charge < -0.3 is 26.0 Å². The lowest BCUT2D eigenvalue weighted by atomic mass is 10.1. The van der Waals surface area contributed by atoms with Gasteiger partial charge in [-0.2, -0.15) is 0 Å². The molecular weight excluding hydrogens is 472 g/mol. The van der Waals surface area contributed by atoms with Gasteiger partial charge in [0, 0.05) is 13.3 Å². The summed E-state index contributed by atoms with van der Waals surface area (Å²) in [5.41, 5.74) is 6.24. The number of carboxylic acid groups (broad SMARTS) is 2. The molecule has 0 aliphatic heterocycles. The molecule has 0 bridgehead atoms. The largest absolute Gasteiger partial charge is 0.480 e. The van der Waals surface area contributed by atoms with Gasteiger partial charge in [-0.15, -0.1) is 0 Å². The van der Waals surface area contributed by atoms with E-state index in [2.05, 4.69) is 27.0 Å². The standard InChI is InChI=1S/C17H17NO4.C2H3BrO.C2H5NO2/c19-16(20)15(11-13-7-3-1-4-8-13)18-17(21)22-12-14-9-5-2-6-10-14;1-2(3)4;3-1-2(4)5/h1-10,15H,11-12H2,(H,18,21)(H,19,20);1H3;1,3H2,(H,4,5)/t15-;;/m0../s1. The minimum atomic E-state index is -1.10. The highest BCUT2D eigenvalue weighted by Crippen LogP contribution is 2.05. The van der Waals surface area contributed by atoms with Crippen LogP contribution in [-0.2, 0) is 32.1 Å². The maximum atomic E-state index is 11.7. The molecule has 0 aliphatic carbocycles. The third-order valence-corrected chi connectivity index (χ3v) is 3.26. The van der Waals surface area contributed by atoms with Crippen LogP contribution in [0.1, 0.15) is 18.1 Å². The smallest absolute Gasteiger partial charge is 0.408 e. The third kappa shape index (κ3) is 16.3. The van der Waals surface area contributed by atoms with Crippen molar-refractivity contribution in [2.75, 3.05) is 6.54 Å². The lowest BCUT2D eigenvalue weighted by Gasteiger charge is -2.14. The Kier molecular flexibility index (Phi) is 14.8. The fourth-order valence-corrected chi connectivity index (χ4v) is 1.96. The molecule has 168 valence electrons. The summed E-state index contributed by atoms with van der Waals surface area (Å²) in [7, 11) is 0.